The zero-order valence-corrected chi connectivity index (χ0v) is 12.2. The zero-order valence-electron chi connectivity index (χ0n) is 11.4. The van der Waals surface area contributed by atoms with E-state index in [1.807, 2.05) is 17.5 Å². The third-order valence-corrected chi connectivity index (χ3v) is 4.53. The van der Waals surface area contributed by atoms with E-state index in [0.29, 0.717) is 31.2 Å². The lowest BCUT2D eigenvalue weighted by atomic mass is 9.87. The van der Waals surface area contributed by atoms with Crippen LogP contribution in [0.4, 0.5) is 0 Å². The maximum Gasteiger partial charge on any atom is 0.306 e. The number of carboxylic acids is 1. The van der Waals surface area contributed by atoms with Crippen molar-refractivity contribution < 1.29 is 19.2 Å². The van der Waals surface area contributed by atoms with Gasteiger partial charge in [-0.25, -0.2) is 0 Å². The van der Waals surface area contributed by atoms with Gasteiger partial charge in [-0.3, -0.25) is 4.79 Å². The van der Waals surface area contributed by atoms with Crippen molar-refractivity contribution in [3.8, 4) is 10.8 Å². The molecule has 0 aromatic carbocycles. The van der Waals surface area contributed by atoms with Gasteiger partial charge in [-0.05, 0) is 37.1 Å². The Morgan fingerprint density at radius 3 is 2.90 bits per heavy atom. The van der Waals surface area contributed by atoms with Crippen LogP contribution in [0.3, 0.4) is 0 Å². The van der Waals surface area contributed by atoms with E-state index >= 15 is 0 Å². The second kappa shape index (κ2) is 6.36. The molecule has 1 fully saturated rings. The van der Waals surface area contributed by atoms with Gasteiger partial charge in [-0.15, -0.1) is 11.3 Å². The van der Waals surface area contributed by atoms with Gasteiger partial charge in [-0.2, -0.15) is 4.98 Å². The Morgan fingerprint density at radius 1 is 1.43 bits per heavy atom. The first kappa shape index (κ1) is 14.2. The summed E-state index contributed by atoms with van der Waals surface area (Å²) in [6, 6.07) is 3.86. The summed E-state index contributed by atoms with van der Waals surface area (Å²) < 4.78 is 10.9. The van der Waals surface area contributed by atoms with Crippen LogP contribution >= 0.6 is 11.3 Å². The summed E-state index contributed by atoms with van der Waals surface area (Å²) in [6.07, 6.45) is 2.97. The molecule has 0 aliphatic heterocycles. The van der Waals surface area contributed by atoms with Crippen LogP contribution in [-0.2, 0) is 16.1 Å². The highest BCUT2D eigenvalue weighted by Crippen LogP contribution is 2.27. The van der Waals surface area contributed by atoms with Crippen molar-refractivity contribution in [2.75, 3.05) is 0 Å². The van der Waals surface area contributed by atoms with Gasteiger partial charge >= 0.3 is 5.97 Å². The van der Waals surface area contributed by atoms with Crippen LogP contribution in [0, 0.1) is 5.92 Å². The molecule has 2 aromatic rings. The van der Waals surface area contributed by atoms with Crippen LogP contribution < -0.4 is 0 Å². The van der Waals surface area contributed by atoms with E-state index in [1.54, 1.807) is 11.3 Å². The summed E-state index contributed by atoms with van der Waals surface area (Å²) in [6.45, 7) is 0.303. The van der Waals surface area contributed by atoms with Crippen molar-refractivity contribution in [1.29, 1.82) is 0 Å². The third kappa shape index (κ3) is 3.48. The fourth-order valence-corrected chi connectivity index (χ4v) is 3.13. The minimum Gasteiger partial charge on any atom is -0.481 e. The summed E-state index contributed by atoms with van der Waals surface area (Å²) >= 11 is 1.55. The molecule has 6 nitrogen and oxygen atoms in total. The fourth-order valence-electron chi connectivity index (χ4n) is 2.48. The van der Waals surface area contributed by atoms with Crippen LogP contribution in [-0.4, -0.2) is 27.3 Å². The van der Waals surface area contributed by atoms with Gasteiger partial charge in [-0.1, -0.05) is 11.2 Å². The normalized spacial score (nSPS) is 22.3. The molecule has 2 aromatic heterocycles. The lowest BCUT2D eigenvalue weighted by molar-refractivity contribution is -0.143. The predicted octanol–water partition coefficient (Wildman–Crippen LogP) is 2.96. The first-order valence-electron chi connectivity index (χ1n) is 6.93. The predicted molar refractivity (Wildman–Crippen MR) is 75.8 cm³/mol. The maximum atomic E-state index is 10.9. The number of hydrogen-bond donors (Lipinski definition) is 1. The van der Waals surface area contributed by atoms with E-state index in [1.165, 1.54) is 0 Å². The number of carboxylic acid groups (broad SMARTS) is 1. The van der Waals surface area contributed by atoms with Gasteiger partial charge in [0.25, 0.3) is 5.89 Å². The number of aromatic nitrogens is 2. The number of thiophene rings is 1. The lowest BCUT2D eigenvalue weighted by Gasteiger charge is -2.25. The molecular formula is C14H16N2O4S. The van der Waals surface area contributed by atoms with Gasteiger partial charge < -0.3 is 14.4 Å². The van der Waals surface area contributed by atoms with E-state index < -0.39 is 5.97 Å². The van der Waals surface area contributed by atoms with Gasteiger partial charge in [0.05, 0.1) is 16.9 Å². The summed E-state index contributed by atoms with van der Waals surface area (Å²) in [5.74, 6) is 0.115. The second-order valence-electron chi connectivity index (χ2n) is 5.12. The van der Waals surface area contributed by atoms with Crippen LogP contribution in [0.25, 0.3) is 10.8 Å². The highest BCUT2D eigenvalue weighted by Gasteiger charge is 2.26. The molecule has 1 saturated carbocycles. The van der Waals surface area contributed by atoms with Crippen molar-refractivity contribution in [1.82, 2.24) is 10.1 Å². The Hall–Kier alpha value is -1.73. The largest absolute Gasteiger partial charge is 0.481 e. The maximum absolute atomic E-state index is 10.9. The van der Waals surface area contributed by atoms with Crippen LogP contribution in [0.2, 0.25) is 0 Å². The topological polar surface area (TPSA) is 85.5 Å². The molecule has 0 spiro atoms. The Kier molecular flexibility index (Phi) is 4.31. The molecule has 0 atom stereocenters. The van der Waals surface area contributed by atoms with Crippen molar-refractivity contribution in [3.63, 3.8) is 0 Å². The van der Waals surface area contributed by atoms with Crippen molar-refractivity contribution in [3.05, 3.63) is 23.3 Å². The van der Waals surface area contributed by atoms with Gasteiger partial charge in [0.15, 0.2) is 5.82 Å². The highest BCUT2D eigenvalue weighted by atomic mass is 32.1. The lowest BCUT2D eigenvalue weighted by Crippen LogP contribution is -2.26. The summed E-state index contributed by atoms with van der Waals surface area (Å²) in [4.78, 5) is 16.1. The average Bonchev–Trinajstić information content (AvgIpc) is 3.16. The first-order valence-corrected chi connectivity index (χ1v) is 7.81. The molecule has 0 unspecified atom stereocenters. The summed E-state index contributed by atoms with van der Waals surface area (Å²) in [5.41, 5.74) is 0. The molecule has 7 heteroatoms. The Labute approximate surface area is 125 Å². The number of hydrogen-bond acceptors (Lipinski definition) is 6. The minimum absolute atomic E-state index is 0.0873. The Morgan fingerprint density at radius 2 is 2.24 bits per heavy atom. The number of aliphatic carboxylic acids is 1. The van der Waals surface area contributed by atoms with Crippen LogP contribution in [0.5, 0.6) is 0 Å². The molecule has 21 heavy (non-hydrogen) atoms. The molecule has 112 valence electrons. The standard InChI is InChI=1S/C14H16N2O4S/c17-14(18)9-3-5-10(6-4-9)19-8-12-15-13(20-16-12)11-2-1-7-21-11/h1-2,7,9-10H,3-6,8H2,(H,17,18). The van der Waals surface area contributed by atoms with Crippen molar-refractivity contribution >= 4 is 17.3 Å². The molecule has 3 rings (SSSR count). The smallest absolute Gasteiger partial charge is 0.306 e. The molecule has 2 heterocycles. The first-order chi connectivity index (χ1) is 10.2. The molecule has 0 saturated heterocycles. The van der Waals surface area contributed by atoms with Crippen LogP contribution in [0.15, 0.2) is 22.0 Å². The third-order valence-electron chi connectivity index (χ3n) is 3.67. The van der Waals surface area contributed by atoms with Gasteiger partial charge in [0, 0.05) is 0 Å². The van der Waals surface area contributed by atoms with Crippen LogP contribution in [0.1, 0.15) is 31.5 Å². The zero-order chi connectivity index (χ0) is 14.7. The Balaban J connectivity index is 1.49. The van der Waals surface area contributed by atoms with Gasteiger partial charge in [0.1, 0.15) is 6.61 Å². The monoisotopic (exact) mass is 308 g/mol. The summed E-state index contributed by atoms with van der Waals surface area (Å²) in [7, 11) is 0. The molecule has 1 aliphatic rings. The molecule has 0 bridgehead atoms. The molecule has 1 N–H and O–H groups in total. The molecule has 1 aliphatic carbocycles. The number of rotatable bonds is 5. The highest BCUT2D eigenvalue weighted by molar-refractivity contribution is 7.13. The number of ether oxygens (including phenoxy) is 1. The van der Waals surface area contributed by atoms with E-state index in [-0.39, 0.29) is 12.0 Å². The molecule has 0 radical (unpaired) electrons. The van der Waals surface area contributed by atoms with Gasteiger partial charge in [0.2, 0.25) is 0 Å². The molecule has 0 amide bonds. The number of carbonyl (C=O) groups is 1. The fraction of sp³-hybridized carbons (Fsp3) is 0.500. The van der Waals surface area contributed by atoms with E-state index in [4.69, 9.17) is 14.4 Å². The van der Waals surface area contributed by atoms with Crippen molar-refractivity contribution in [2.45, 2.75) is 38.4 Å². The average molecular weight is 308 g/mol. The quantitative estimate of drug-likeness (QED) is 0.914. The molecular weight excluding hydrogens is 292 g/mol. The van der Waals surface area contributed by atoms with Crippen molar-refractivity contribution in [2.24, 2.45) is 5.92 Å². The van der Waals surface area contributed by atoms with E-state index in [9.17, 15) is 4.79 Å². The minimum atomic E-state index is -0.702. The second-order valence-corrected chi connectivity index (χ2v) is 6.06. The summed E-state index contributed by atoms with van der Waals surface area (Å²) in [5, 5.41) is 14.8. The van der Waals surface area contributed by atoms with E-state index in [2.05, 4.69) is 10.1 Å². The SMILES string of the molecule is O=C(O)C1CCC(OCc2noc(-c3cccs3)n2)CC1. The van der Waals surface area contributed by atoms with E-state index in [0.717, 1.165) is 17.7 Å². The number of nitrogens with zero attached hydrogens (tertiary/aromatic N) is 2. The Bertz CT molecular complexity index is 588.